The minimum absolute atomic E-state index is 0.0577. The van der Waals surface area contributed by atoms with Crippen LogP contribution < -0.4 is 4.74 Å². The standard InChI is InChI=1S/C26H17Cl3N2O/c27-18-12-20-24-14-23(17-10-9-15-5-1-2-6-16(15)11-17)30-31(24)26(32-25(20)22(29)13-18)19-7-3-4-8-21(19)28/h1-13,24,26H,14H2/t24-,26+/m1/s1. The second-order valence-corrected chi connectivity index (χ2v) is 9.26. The van der Waals surface area contributed by atoms with E-state index < -0.39 is 6.23 Å². The Bertz CT molecular complexity index is 1400. The second-order valence-electron chi connectivity index (χ2n) is 8.01. The monoisotopic (exact) mass is 478 g/mol. The van der Waals surface area contributed by atoms with E-state index in [2.05, 4.69) is 30.3 Å². The molecule has 2 aliphatic heterocycles. The number of hydrazone groups is 1. The van der Waals surface area contributed by atoms with Gasteiger partial charge in [-0.3, -0.25) is 0 Å². The average Bonchev–Trinajstić information content (AvgIpc) is 3.25. The zero-order chi connectivity index (χ0) is 21.8. The van der Waals surface area contributed by atoms with Gasteiger partial charge in [0.2, 0.25) is 6.23 Å². The van der Waals surface area contributed by atoms with E-state index in [-0.39, 0.29) is 6.04 Å². The van der Waals surface area contributed by atoms with Gasteiger partial charge in [0, 0.05) is 27.6 Å². The molecule has 2 atom stereocenters. The topological polar surface area (TPSA) is 24.8 Å². The second kappa shape index (κ2) is 7.70. The summed E-state index contributed by atoms with van der Waals surface area (Å²) >= 11 is 19.5. The molecule has 6 heteroatoms. The van der Waals surface area contributed by atoms with E-state index in [1.54, 1.807) is 6.07 Å². The lowest BCUT2D eigenvalue weighted by Gasteiger charge is -2.38. The largest absolute Gasteiger partial charge is 0.463 e. The van der Waals surface area contributed by atoms with E-state index in [1.165, 1.54) is 10.8 Å². The number of nitrogens with zero attached hydrogens (tertiary/aromatic N) is 2. The van der Waals surface area contributed by atoms with Crippen LogP contribution in [0, 0.1) is 0 Å². The smallest absolute Gasteiger partial charge is 0.215 e. The van der Waals surface area contributed by atoms with Crippen LogP contribution in [0.3, 0.4) is 0 Å². The molecule has 0 saturated heterocycles. The van der Waals surface area contributed by atoms with Crippen LogP contribution in [0.15, 0.2) is 84.0 Å². The van der Waals surface area contributed by atoms with Crippen molar-refractivity contribution in [3.05, 3.63) is 111 Å². The van der Waals surface area contributed by atoms with Crippen LogP contribution in [-0.2, 0) is 0 Å². The van der Waals surface area contributed by atoms with Gasteiger partial charge in [0.1, 0.15) is 5.75 Å². The molecule has 3 nitrogen and oxygen atoms in total. The number of ether oxygens (including phenoxy) is 1. The first-order chi connectivity index (χ1) is 15.6. The zero-order valence-corrected chi connectivity index (χ0v) is 19.1. The molecule has 0 radical (unpaired) electrons. The molecule has 4 aromatic rings. The van der Waals surface area contributed by atoms with Crippen molar-refractivity contribution >= 4 is 51.3 Å². The first-order valence-electron chi connectivity index (χ1n) is 10.3. The Morgan fingerprint density at radius 1 is 0.781 bits per heavy atom. The molecule has 0 spiro atoms. The highest BCUT2D eigenvalue weighted by Crippen LogP contribution is 2.51. The highest BCUT2D eigenvalue weighted by atomic mass is 35.5. The van der Waals surface area contributed by atoms with Crippen molar-refractivity contribution in [1.82, 2.24) is 5.01 Å². The maximum Gasteiger partial charge on any atom is 0.215 e. The minimum Gasteiger partial charge on any atom is -0.463 e. The molecule has 0 unspecified atom stereocenters. The molecular formula is C26H17Cl3N2O. The maximum absolute atomic E-state index is 6.55. The molecule has 32 heavy (non-hydrogen) atoms. The summed E-state index contributed by atoms with van der Waals surface area (Å²) in [5, 5.41) is 11.1. The number of hydrogen-bond acceptors (Lipinski definition) is 3. The van der Waals surface area contributed by atoms with Crippen LogP contribution in [-0.4, -0.2) is 10.7 Å². The van der Waals surface area contributed by atoms with Crippen molar-refractivity contribution in [1.29, 1.82) is 0 Å². The predicted octanol–water partition coefficient (Wildman–Crippen LogP) is 8.04. The van der Waals surface area contributed by atoms with E-state index >= 15 is 0 Å². The Morgan fingerprint density at radius 2 is 1.56 bits per heavy atom. The van der Waals surface area contributed by atoms with Gasteiger partial charge in [-0.15, -0.1) is 0 Å². The molecule has 4 aromatic carbocycles. The molecule has 0 bridgehead atoms. The molecule has 2 aliphatic rings. The van der Waals surface area contributed by atoms with E-state index in [1.807, 2.05) is 47.5 Å². The molecule has 6 rings (SSSR count). The Labute approximate surface area is 200 Å². The molecule has 0 saturated carbocycles. The molecule has 0 amide bonds. The van der Waals surface area contributed by atoms with Crippen molar-refractivity contribution < 1.29 is 4.74 Å². The van der Waals surface area contributed by atoms with Crippen molar-refractivity contribution in [2.75, 3.05) is 0 Å². The van der Waals surface area contributed by atoms with Crippen LogP contribution in [0.25, 0.3) is 10.8 Å². The number of fused-ring (bicyclic) bond motifs is 4. The molecular weight excluding hydrogens is 463 g/mol. The third kappa shape index (κ3) is 3.24. The van der Waals surface area contributed by atoms with Gasteiger partial charge in [0.15, 0.2) is 0 Å². The van der Waals surface area contributed by atoms with E-state index in [9.17, 15) is 0 Å². The summed E-state index contributed by atoms with van der Waals surface area (Å²) in [7, 11) is 0. The van der Waals surface area contributed by atoms with E-state index in [0.717, 1.165) is 22.4 Å². The summed E-state index contributed by atoms with van der Waals surface area (Å²) in [5.41, 5.74) is 3.86. The fraction of sp³-hybridized carbons (Fsp3) is 0.115. The summed E-state index contributed by atoms with van der Waals surface area (Å²) in [5.74, 6) is 0.636. The minimum atomic E-state index is -0.488. The lowest BCUT2D eigenvalue weighted by atomic mass is 9.95. The van der Waals surface area contributed by atoms with Gasteiger partial charge in [0.25, 0.3) is 0 Å². The third-order valence-corrected chi connectivity index (χ3v) is 6.91. The van der Waals surface area contributed by atoms with Gasteiger partial charge in [-0.1, -0.05) is 89.4 Å². The maximum atomic E-state index is 6.55. The first-order valence-corrected chi connectivity index (χ1v) is 11.5. The van der Waals surface area contributed by atoms with Gasteiger partial charge in [-0.25, -0.2) is 5.01 Å². The molecule has 0 aromatic heterocycles. The van der Waals surface area contributed by atoms with Crippen molar-refractivity contribution in [2.45, 2.75) is 18.7 Å². The summed E-state index contributed by atoms with van der Waals surface area (Å²) in [6.07, 6.45) is 0.226. The highest BCUT2D eigenvalue weighted by Gasteiger charge is 2.42. The lowest BCUT2D eigenvalue weighted by Crippen LogP contribution is -2.34. The van der Waals surface area contributed by atoms with Crippen LogP contribution in [0.2, 0.25) is 15.1 Å². The summed E-state index contributed by atoms with van der Waals surface area (Å²) in [4.78, 5) is 0. The highest BCUT2D eigenvalue weighted by molar-refractivity contribution is 6.35. The summed E-state index contributed by atoms with van der Waals surface area (Å²) in [6, 6.07) is 26.0. The average molecular weight is 480 g/mol. The lowest BCUT2D eigenvalue weighted by molar-refractivity contribution is -0.0188. The number of benzene rings is 4. The molecule has 0 aliphatic carbocycles. The third-order valence-electron chi connectivity index (χ3n) is 6.06. The van der Waals surface area contributed by atoms with Crippen LogP contribution in [0.5, 0.6) is 5.75 Å². The molecule has 0 fully saturated rings. The normalized spacial score (nSPS) is 19.3. The number of halogens is 3. The van der Waals surface area contributed by atoms with Gasteiger partial charge >= 0.3 is 0 Å². The summed E-state index contributed by atoms with van der Waals surface area (Å²) in [6.45, 7) is 0. The van der Waals surface area contributed by atoms with E-state index in [4.69, 9.17) is 44.6 Å². The van der Waals surface area contributed by atoms with Crippen LogP contribution in [0.4, 0.5) is 0 Å². The van der Waals surface area contributed by atoms with Gasteiger partial charge in [-0.2, -0.15) is 5.10 Å². The zero-order valence-electron chi connectivity index (χ0n) is 16.8. The van der Waals surface area contributed by atoms with Gasteiger partial charge in [-0.05, 0) is 40.6 Å². The van der Waals surface area contributed by atoms with E-state index in [0.29, 0.717) is 27.2 Å². The Hall–Kier alpha value is -2.72. The van der Waals surface area contributed by atoms with Crippen LogP contribution >= 0.6 is 34.8 Å². The fourth-order valence-electron chi connectivity index (χ4n) is 4.54. The molecule has 158 valence electrons. The van der Waals surface area contributed by atoms with Crippen LogP contribution in [0.1, 0.15) is 35.4 Å². The fourth-order valence-corrected chi connectivity index (χ4v) is 5.32. The molecule has 2 heterocycles. The van der Waals surface area contributed by atoms with Gasteiger partial charge < -0.3 is 4.74 Å². The SMILES string of the molecule is Clc1cc(Cl)c2c(c1)[C@H]1CC(c3ccc4ccccc4c3)=NN1[C@H](c1ccccc1Cl)O2. The first kappa shape index (κ1) is 19.9. The number of rotatable bonds is 2. The summed E-state index contributed by atoms with van der Waals surface area (Å²) < 4.78 is 6.40. The van der Waals surface area contributed by atoms with Crippen molar-refractivity contribution in [2.24, 2.45) is 5.10 Å². The van der Waals surface area contributed by atoms with Crippen molar-refractivity contribution in [3.63, 3.8) is 0 Å². The number of hydrogen-bond donors (Lipinski definition) is 0. The quantitative estimate of drug-likeness (QED) is 0.290. The predicted molar refractivity (Wildman–Crippen MR) is 131 cm³/mol. The van der Waals surface area contributed by atoms with Crippen molar-refractivity contribution in [3.8, 4) is 5.75 Å². The Morgan fingerprint density at radius 3 is 2.41 bits per heavy atom. The Balaban J connectivity index is 1.49. The van der Waals surface area contributed by atoms with Gasteiger partial charge in [0.05, 0.1) is 16.8 Å². The Kier molecular flexibility index (Phi) is 4.80. The molecule has 0 N–H and O–H groups in total.